The number of carbonyl (C=O) groups excluding carboxylic acids is 1. The highest BCUT2D eigenvalue weighted by molar-refractivity contribution is 6.11. The van der Waals surface area contributed by atoms with E-state index in [2.05, 4.69) is 5.32 Å². The summed E-state index contributed by atoms with van der Waals surface area (Å²) in [6, 6.07) is 10.9. The molecule has 0 aliphatic rings. The number of hydrogen-bond donors (Lipinski definition) is 2. The van der Waals surface area contributed by atoms with Crippen LogP contribution < -0.4 is 14.8 Å². The Bertz CT molecular complexity index is 711. The van der Waals surface area contributed by atoms with Crippen molar-refractivity contribution < 1.29 is 24.2 Å². The summed E-state index contributed by atoms with van der Waals surface area (Å²) in [5.74, 6) is -0.711. The molecule has 2 aromatic rings. The average Bonchev–Trinajstić information content (AvgIpc) is 2.54. The number of anilines is 1. The van der Waals surface area contributed by atoms with Crippen molar-refractivity contribution in [3.8, 4) is 11.5 Å². The van der Waals surface area contributed by atoms with Gasteiger partial charge in [-0.15, -0.1) is 0 Å². The molecule has 0 aliphatic carbocycles. The second-order valence-corrected chi connectivity index (χ2v) is 4.37. The van der Waals surface area contributed by atoms with Crippen LogP contribution in [0.4, 0.5) is 5.69 Å². The van der Waals surface area contributed by atoms with Crippen molar-refractivity contribution in [2.75, 3.05) is 19.5 Å². The third-order valence-corrected chi connectivity index (χ3v) is 3.06. The third kappa shape index (κ3) is 3.17. The number of amides is 1. The number of hydrogen-bond acceptors (Lipinski definition) is 4. The van der Waals surface area contributed by atoms with Crippen LogP contribution in [0.5, 0.6) is 11.5 Å². The molecule has 6 heteroatoms. The first kappa shape index (κ1) is 15.4. The van der Waals surface area contributed by atoms with Gasteiger partial charge in [0.15, 0.2) is 0 Å². The first-order chi connectivity index (χ1) is 10.6. The highest BCUT2D eigenvalue weighted by Crippen LogP contribution is 2.29. The number of carboxylic acids is 1. The van der Waals surface area contributed by atoms with E-state index in [1.54, 1.807) is 30.3 Å². The van der Waals surface area contributed by atoms with Crippen LogP contribution in [-0.2, 0) is 0 Å². The second-order valence-electron chi connectivity index (χ2n) is 4.37. The van der Waals surface area contributed by atoms with Gasteiger partial charge in [0, 0.05) is 6.07 Å². The maximum atomic E-state index is 12.3. The van der Waals surface area contributed by atoms with Gasteiger partial charge in [-0.25, -0.2) is 4.79 Å². The molecule has 0 bridgehead atoms. The highest BCUT2D eigenvalue weighted by Gasteiger charge is 2.17. The van der Waals surface area contributed by atoms with E-state index < -0.39 is 11.9 Å². The normalized spacial score (nSPS) is 9.91. The van der Waals surface area contributed by atoms with E-state index in [1.165, 1.54) is 26.4 Å². The first-order valence-corrected chi connectivity index (χ1v) is 6.42. The summed E-state index contributed by atoms with van der Waals surface area (Å²) in [6.45, 7) is 0. The summed E-state index contributed by atoms with van der Waals surface area (Å²) in [7, 11) is 2.98. The van der Waals surface area contributed by atoms with Gasteiger partial charge in [-0.1, -0.05) is 12.1 Å². The fraction of sp³-hybridized carbons (Fsp3) is 0.125. The van der Waals surface area contributed by atoms with Gasteiger partial charge in [-0.3, -0.25) is 4.79 Å². The van der Waals surface area contributed by atoms with E-state index in [0.717, 1.165) is 0 Å². The lowest BCUT2D eigenvalue weighted by Gasteiger charge is -2.12. The number of carboxylic acid groups (broad SMARTS) is 1. The van der Waals surface area contributed by atoms with Crippen molar-refractivity contribution in [3.05, 3.63) is 53.6 Å². The lowest BCUT2D eigenvalue weighted by Crippen LogP contribution is -2.16. The van der Waals surface area contributed by atoms with Crippen molar-refractivity contribution >= 4 is 17.6 Å². The Balaban J connectivity index is 2.35. The van der Waals surface area contributed by atoms with Crippen LogP contribution in [0.25, 0.3) is 0 Å². The molecule has 0 unspecified atom stereocenters. The summed E-state index contributed by atoms with van der Waals surface area (Å²) in [5, 5.41) is 11.8. The minimum absolute atomic E-state index is 0.0677. The van der Waals surface area contributed by atoms with E-state index in [9.17, 15) is 9.59 Å². The van der Waals surface area contributed by atoms with E-state index >= 15 is 0 Å². The molecule has 0 heterocycles. The van der Waals surface area contributed by atoms with Crippen molar-refractivity contribution in [1.29, 1.82) is 0 Å². The smallest absolute Gasteiger partial charge is 0.336 e. The van der Waals surface area contributed by atoms with Crippen molar-refractivity contribution in [1.82, 2.24) is 0 Å². The molecule has 0 atom stereocenters. The van der Waals surface area contributed by atoms with Gasteiger partial charge < -0.3 is 19.9 Å². The third-order valence-electron chi connectivity index (χ3n) is 3.06. The molecule has 0 radical (unpaired) electrons. The van der Waals surface area contributed by atoms with Crippen LogP contribution in [0.2, 0.25) is 0 Å². The number of aromatic carboxylic acids is 1. The van der Waals surface area contributed by atoms with Gasteiger partial charge in [0.25, 0.3) is 5.91 Å². The number of carbonyl (C=O) groups is 2. The molecule has 2 N–H and O–H groups in total. The van der Waals surface area contributed by atoms with Crippen molar-refractivity contribution in [3.63, 3.8) is 0 Å². The topological polar surface area (TPSA) is 84.9 Å². The molecule has 1 amide bonds. The molecule has 0 fully saturated rings. The summed E-state index contributed by atoms with van der Waals surface area (Å²) in [4.78, 5) is 23.5. The van der Waals surface area contributed by atoms with Crippen LogP contribution >= 0.6 is 0 Å². The average molecular weight is 301 g/mol. The Morgan fingerprint density at radius 1 is 1.00 bits per heavy atom. The van der Waals surface area contributed by atoms with E-state index in [-0.39, 0.29) is 11.1 Å². The van der Waals surface area contributed by atoms with Crippen molar-refractivity contribution in [2.24, 2.45) is 0 Å². The fourth-order valence-electron chi connectivity index (χ4n) is 1.97. The molecule has 114 valence electrons. The molecular weight excluding hydrogens is 286 g/mol. The van der Waals surface area contributed by atoms with Gasteiger partial charge in [-0.2, -0.15) is 0 Å². The Hall–Kier alpha value is -3.02. The summed E-state index contributed by atoms with van der Waals surface area (Å²) in [5.41, 5.74) is 0.397. The number of benzene rings is 2. The number of nitrogens with one attached hydrogen (secondary N) is 1. The largest absolute Gasteiger partial charge is 0.497 e. The molecule has 0 saturated heterocycles. The Labute approximate surface area is 127 Å². The standard InChI is InChI=1S/C16H15NO5/c1-21-10-7-8-14(22-2)13(9-10)17-15(18)11-5-3-4-6-12(11)16(19)20/h3-9H,1-2H3,(H,17,18)(H,19,20). The van der Waals surface area contributed by atoms with Crippen LogP contribution in [0.3, 0.4) is 0 Å². The zero-order valence-electron chi connectivity index (χ0n) is 12.1. The molecule has 0 aromatic heterocycles. The SMILES string of the molecule is COc1ccc(OC)c(NC(=O)c2ccccc2C(=O)O)c1. The zero-order valence-corrected chi connectivity index (χ0v) is 12.1. The molecule has 2 aromatic carbocycles. The second kappa shape index (κ2) is 6.62. The maximum absolute atomic E-state index is 12.3. The molecule has 22 heavy (non-hydrogen) atoms. The van der Waals surface area contributed by atoms with Gasteiger partial charge in [0.2, 0.25) is 0 Å². The molecule has 0 saturated carbocycles. The Kier molecular flexibility index (Phi) is 4.63. The van der Waals surface area contributed by atoms with Crippen molar-refractivity contribution in [2.45, 2.75) is 0 Å². The van der Waals surface area contributed by atoms with Crippen LogP contribution in [0.1, 0.15) is 20.7 Å². The van der Waals surface area contributed by atoms with Gasteiger partial charge in [0.1, 0.15) is 11.5 Å². The zero-order chi connectivity index (χ0) is 16.1. The van der Waals surface area contributed by atoms with Gasteiger partial charge in [0.05, 0.1) is 31.0 Å². The van der Waals surface area contributed by atoms with Crippen LogP contribution in [0, 0.1) is 0 Å². The highest BCUT2D eigenvalue weighted by atomic mass is 16.5. The number of methoxy groups -OCH3 is 2. The summed E-state index contributed by atoms with van der Waals surface area (Å²) in [6.07, 6.45) is 0. The van der Waals surface area contributed by atoms with E-state index in [0.29, 0.717) is 17.2 Å². The van der Waals surface area contributed by atoms with Gasteiger partial charge >= 0.3 is 5.97 Å². The quantitative estimate of drug-likeness (QED) is 0.887. The van der Waals surface area contributed by atoms with Crippen LogP contribution in [0.15, 0.2) is 42.5 Å². The summed E-state index contributed by atoms with van der Waals surface area (Å²) >= 11 is 0. The lowest BCUT2D eigenvalue weighted by molar-refractivity contribution is 0.0692. The minimum atomic E-state index is -1.16. The van der Waals surface area contributed by atoms with Crippen LogP contribution in [-0.4, -0.2) is 31.2 Å². The van der Waals surface area contributed by atoms with E-state index in [1.807, 2.05) is 0 Å². The molecular formula is C16H15NO5. The molecule has 0 spiro atoms. The Morgan fingerprint density at radius 2 is 1.68 bits per heavy atom. The van der Waals surface area contributed by atoms with E-state index in [4.69, 9.17) is 14.6 Å². The Morgan fingerprint density at radius 3 is 2.27 bits per heavy atom. The molecule has 0 aliphatic heterocycles. The maximum Gasteiger partial charge on any atom is 0.336 e. The fourth-order valence-corrected chi connectivity index (χ4v) is 1.97. The molecule has 6 nitrogen and oxygen atoms in total. The number of rotatable bonds is 5. The minimum Gasteiger partial charge on any atom is -0.497 e. The lowest BCUT2D eigenvalue weighted by atomic mass is 10.1. The monoisotopic (exact) mass is 301 g/mol. The molecule has 2 rings (SSSR count). The number of ether oxygens (including phenoxy) is 2. The predicted octanol–water partition coefficient (Wildman–Crippen LogP) is 2.65. The predicted molar refractivity (Wildman–Crippen MR) is 80.9 cm³/mol. The van der Waals surface area contributed by atoms with Gasteiger partial charge in [-0.05, 0) is 24.3 Å². The first-order valence-electron chi connectivity index (χ1n) is 6.42. The summed E-state index contributed by atoms with van der Waals surface area (Å²) < 4.78 is 10.3.